The van der Waals surface area contributed by atoms with E-state index in [9.17, 15) is 14.3 Å². The highest BCUT2D eigenvalue weighted by Crippen LogP contribution is 2.21. The van der Waals surface area contributed by atoms with Crippen molar-refractivity contribution in [3.63, 3.8) is 0 Å². The molecule has 5 heteroatoms. The number of aromatic hydroxyl groups is 1. The molecule has 0 saturated carbocycles. The Morgan fingerprint density at radius 1 is 1.59 bits per heavy atom. The van der Waals surface area contributed by atoms with Crippen LogP contribution in [0.15, 0.2) is 18.2 Å². The highest BCUT2D eigenvalue weighted by atomic mass is 19.1. The van der Waals surface area contributed by atoms with Crippen molar-refractivity contribution in [1.29, 1.82) is 0 Å². The summed E-state index contributed by atoms with van der Waals surface area (Å²) in [6, 6.07) is 3.45. The molecule has 1 aromatic rings. The lowest BCUT2D eigenvalue weighted by Crippen LogP contribution is -2.52. The highest BCUT2D eigenvalue weighted by Gasteiger charge is 2.25. The summed E-state index contributed by atoms with van der Waals surface area (Å²) >= 11 is 0. The second kappa shape index (κ2) is 4.71. The number of carbonyl (C=O) groups is 1. The zero-order valence-electron chi connectivity index (χ0n) is 9.61. The van der Waals surface area contributed by atoms with Gasteiger partial charge in [0, 0.05) is 25.7 Å². The maximum atomic E-state index is 13.1. The summed E-state index contributed by atoms with van der Waals surface area (Å²) < 4.78 is 13.1. The Morgan fingerprint density at radius 2 is 2.35 bits per heavy atom. The molecular formula is C12H15FN2O2. The van der Waals surface area contributed by atoms with Crippen LogP contribution in [0, 0.1) is 5.82 Å². The van der Waals surface area contributed by atoms with Gasteiger partial charge in [-0.1, -0.05) is 0 Å². The molecule has 0 spiro atoms. The SMILES string of the molecule is C[C@H]1CNCCN1C(=O)c1cc(F)ccc1O. The lowest BCUT2D eigenvalue weighted by molar-refractivity contribution is 0.0652. The lowest BCUT2D eigenvalue weighted by Gasteiger charge is -2.34. The number of hydrogen-bond donors (Lipinski definition) is 2. The first-order chi connectivity index (χ1) is 8.09. The van der Waals surface area contributed by atoms with E-state index in [0.29, 0.717) is 19.6 Å². The molecule has 1 heterocycles. The van der Waals surface area contributed by atoms with Gasteiger partial charge in [0.15, 0.2) is 0 Å². The van der Waals surface area contributed by atoms with E-state index in [2.05, 4.69) is 5.32 Å². The fraction of sp³-hybridized carbons (Fsp3) is 0.417. The van der Waals surface area contributed by atoms with Crippen LogP contribution >= 0.6 is 0 Å². The number of nitrogens with one attached hydrogen (secondary N) is 1. The molecule has 1 saturated heterocycles. The minimum absolute atomic E-state index is 0.0266. The van der Waals surface area contributed by atoms with E-state index in [4.69, 9.17) is 0 Å². The number of phenolic OH excluding ortho intramolecular Hbond substituents is 1. The quantitative estimate of drug-likeness (QED) is 0.766. The van der Waals surface area contributed by atoms with Gasteiger partial charge in [-0.15, -0.1) is 0 Å². The third-order valence-electron chi connectivity index (χ3n) is 2.95. The average Bonchev–Trinajstić information content (AvgIpc) is 2.32. The summed E-state index contributed by atoms with van der Waals surface area (Å²) in [5, 5.41) is 12.8. The molecule has 0 bridgehead atoms. The smallest absolute Gasteiger partial charge is 0.258 e. The van der Waals surface area contributed by atoms with Crippen molar-refractivity contribution in [2.24, 2.45) is 0 Å². The van der Waals surface area contributed by atoms with Crippen molar-refractivity contribution in [2.45, 2.75) is 13.0 Å². The zero-order chi connectivity index (χ0) is 12.4. The largest absolute Gasteiger partial charge is 0.507 e. The van der Waals surface area contributed by atoms with Gasteiger partial charge < -0.3 is 15.3 Å². The van der Waals surface area contributed by atoms with Gasteiger partial charge in [0.05, 0.1) is 5.56 Å². The van der Waals surface area contributed by atoms with Crippen LogP contribution in [0.5, 0.6) is 5.75 Å². The Hall–Kier alpha value is -1.62. The number of benzene rings is 1. The molecule has 2 N–H and O–H groups in total. The standard InChI is InChI=1S/C12H15FN2O2/c1-8-7-14-4-5-15(8)12(17)10-6-9(13)2-3-11(10)16/h2-3,6,8,14,16H,4-5,7H2,1H3/t8-/m0/s1. The number of amides is 1. The molecule has 0 unspecified atom stereocenters. The summed E-state index contributed by atoms with van der Waals surface area (Å²) in [6.07, 6.45) is 0. The van der Waals surface area contributed by atoms with Crippen LogP contribution in [0.4, 0.5) is 4.39 Å². The van der Waals surface area contributed by atoms with E-state index in [0.717, 1.165) is 12.1 Å². The Bertz CT molecular complexity index is 437. The number of halogens is 1. The van der Waals surface area contributed by atoms with Crippen LogP contribution < -0.4 is 5.32 Å². The molecule has 0 radical (unpaired) electrons. The van der Waals surface area contributed by atoms with Gasteiger partial charge in [-0.2, -0.15) is 0 Å². The van der Waals surface area contributed by atoms with Gasteiger partial charge in [0.2, 0.25) is 0 Å². The van der Waals surface area contributed by atoms with Crippen LogP contribution in [0.2, 0.25) is 0 Å². The Labute approximate surface area is 99.0 Å². The van der Waals surface area contributed by atoms with E-state index >= 15 is 0 Å². The second-order valence-electron chi connectivity index (χ2n) is 4.21. The number of piperazine rings is 1. The zero-order valence-corrected chi connectivity index (χ0v) is 9.61. The summed E-state index contributed by atoms with van der Waals surface area (Å²) in [4.78, 5) is 13.8. The number of rotatable bonds is 1. The van der Waals surface area contributed by atoms with E-state index < -0.39 is 5.82 Å². The first-order valence-corrected chi connectivity index (χ1v) is 5.60. The summed E-state index contributed by atoms with van der Waals surface area (Å²) in [7, 11) is 0. The van der Waals surface area contributed by atoms with E-state index in [1.165, 1.54) is 6.07 Å². The summed E-state index contributed by atoms with van der Waals surface area (Å²) in [5.41, 5.74) is 0.0266. The third-order valence-corrected chi connectivity index (χ3v) is 2.95. The second-order valence-corrected chi connectivity index (χ2v) is 4.21. The van der Waals surface area contributed by atoms with Gasteiger partial charge in [0.1, 0.15) is 11.6 Å². The van der Waals surface area contributed by atoms with Gasteiger partial charge in [-0.25, -0.2) is 4.39 Å². The average molecular weight is 238 g/mol. The number of carbonyl (C=O) groups excluding carboxylic acids is 1. The summed E-state index contributed by atoms with van der Waals surface area (Å²) in [6.45, 7) is 3.91. The molecule has 92 valence electrons. The monoisotopic (exact) mass is 238 g/mol. The third kappa shape index (κ3) is 2.39. The molecule has 1 atom stereocenters. The number of phenols is 1. The number of hydrogen-bond acceptors (Lipinski definition) is 3. The Balaban J connectivity index is 2.26. The van der Waals surface area contributed by atoms with Crippen LogP contribution in [0.3, 0.4) is 0 Å². The minimum atomic E-state index is -0.520. The van der Waals surface area contributed by atoms with Crippen molar-refractivity contribution < 1.29 is 14.3 Å². The lowest BCUT2D eigenvalue weighted by atomic mass is 10.1. The van der Waals surface area contributed by atoms with Crippen LogP contribution in [0.1, 0.15) is 17.3 Å². The molecule has 4 nitrogen and oxygen atoms in total. The van der Waals surface area contributed by atoms with Crippen LogP contribution in [-0.2, 0) is 0 Å². The van der Waals surface area contributed by atoms with Crippen molar-refractivity contribution in [3.8, 4) is 5.75 Å². The predicted octanol–water partition coefficient (Wildman–Crippen LogP) is 0.965. The predicted molar refractivity (Wildman–Crippen MR) is 61.4 cm³/mol. The Kier molecular flexibility index (Phi) is 3.28. The highest BCUT2D eigenvalue weighted by molar-refractivity contribution is 5.97. The normalized spacial score (nSPS) is 20.4. The van der Waals surface area contributed by atoms with Crippen molar-refractivity contribution in [1.82, 2.24) is 10.2 Å². The fourth-order valence-electron chi connectivity index (χ4n) is 1.98. The molecule has 1 aromatic carbocycles. The van der Waals surface area contributed by atoms with Gasteiger partial charge in [0.25, 0.3) is 5.91 Å². The van der Waals surface area contributed by atoms with Gasteiger partial charge in [-0.3, -0.25) is 4.79 Å². The molecule has 0 aromatic heterocycles. The topological polar surface area (TPSA) is 52.6 Å². The molecular weight excluding hydrogens is 223 g/mol. The van der Waals surface area contributed by atoms with E-state index in [-0.39, 0.29) is 23.3 Å². The molecule has 1 aliphatic heterocycles. The first kappa shape index (κ1) is 11.9. The van der Waals surface area contributed by atoms with E-state index in [1.54, 1.807) is 4.90 Å². The van der Waals surface area contributed by atoms with E-state index in [1.807, 2.05) is 6.92 Å². The van der Waals surface area contributed by atoms with Crippen molar-refractivity contribution >= 4 is 5.91 Å². The molecule has 1 aliphatic rings. The number of nitrogens with zero attached hydrogens (tertiary/aromatic N) is 1. The molecule has 0 aliphatic carbocycles. The fourth-order valence-corrected chi connectivity index (χ4v) is 1.98. The molecule has 17 heavy (non-hydrogen) atoms. The van der Waals surface area contributed by atoms with Crippen molar-refractivity contribution in [2.75, 3.05) is 19.6 Å². The minimum Gasteiger partial charge on any atom is -0.507 e. The first-order valence-electron chi connectivity index (χ1n) is 5.60. The maximum absolute atomic E-state index is 13.1. The Morgan fingerprint density at radius 3 is 3.06 bits per heavy atom. The molecule has 1 amide bonds. The molecule has 1 fully saturated rings. The van der Waals surface area contributed by atoms with Gasteiger partial charge in [-0.05, 0) is 25.1 Å². The summed E-state index contributed by atoms with van der Waals surface area (Å²) in [5.74, 6) is -1.02. The maximum Gasteiger partial charge on any atom is 0.258 e. The van der Waals surface area contributed by atoms with Crippen LogP contribution in [-0.4, -0.2) is 41.6 Å². The van der Waals surface area contributed by atoms with Crippen LogP contribution in [0.25, 0.3) is 0 Å². The van der Waals surface area contributed by atoms with Crippen molar-refractivity contribution in [3.05, 3.63) is 29.6 Å². The molecule has 2 rings (SSSR count). The van der Waals surface area contributed by atoms with Gasteiger partial charge >= 0.3 is 0 Å².